The summed E-state index contributed by atoms with van der Waals surface area (Å²) in [6, 6.07) is 11.8. The topological polar surface area (TPSA) is 56.7 Å². The van der Waals surface area contributed by atoms with Gasteiger partial charge in [0.05, 0.1) is 5.92 Å². The van der Waals surface area contributed by atoms with Crippen LogP contribution < -0.4 is 10.7 Å². The minimum Gasteiger partial charge on any atom is -0.325 e. The molecule has 0 aromatic heterocycles. The Labute approximate surface area is 168 Å². The molecule has 2 aliphatic heterocycles. The van der Waals surface area contributed by atoms with Crippen molar-refractivity contribution in [3.05, 3.63) is 63.1 Å². The molecule has 140 valence electrons. The molecule has 2 N–H and O–H groups in total. The average Bonchev–Trinajstić information content (AvgIpc) is 3.17. The highest BCUT2D eigenvalue weighted by Gasteiger charge is 2.27. The van der Waals surface area contributed by atoms with Crippen LogP contribution in [-0.2, 0) is 11.3 Å². The van der Waals surface area contributed by atoms with Crippen LogP contribution in [0.1, 0.15) is 22.6 Å². The number of nitrogens with zero attached hydrogens (tertiary/aromatic N) is 2. The molecule has 2 aliphatic rings. The van der Waals surface area contributed by atoms with Crippen molar-refractivity contribution in [2.75, 3.05) is 25.5 Å². The Morgan fingerprint density at radius 3 is 2.93 bits per heavy atom. The van der Waals surface area contributed by atoms with Crippen LogP contribution in [0.4, 0.5) is 5.69 Å². The Morgan fingerprint density at radius 2 is 2.15 bits per heavy atom. The fourth-order valence-corrected chi connectivity index (χ4v) is 4.27. The molecule has 1 amide bonds. The number of hydrazone groups is 1. The van der Waals surface area contributed by atoms with Crippen molar-refractivity contribution < 1.29 is 4.79 Å². The number of halogens is 2. The molecule has 0 saturated heterocycles. The van der Waals surface area contributed by atoms with E-state index in [4.69, 9.17) is 23.2 Å². The molecule has 0 saturated carbocycles. The number of carbonyl (C=O) groups is 1. The number of amides is 1. The average molecular weight is 403 g/mol. The molecule has 0 aliphatic carbocycles. The molecule has 2 unspecified atom stereocenters. The van der Waals surface area contributed by atoms with Gasteiger partial charge in [-0.05, 0) is 48.0 Å². The van der Waals surface area contributed by atoms with Crippen LogP contribution in [0.3, 0.4) is 0 Å². The minimum absolute atomic E-state index is 0.0619. The molecule has 0 bridgehead atoms. The second kappa shape index (κ2) is 7.50. The molecular weight excluding hydrogens is 383 g/mol. The van der Waals surface area contributed by atoms with Gasteiger partial charge in [-0.1, -0.05) is 35.3 Å². The maximum atomic E-state index is 12.4. The van der Waals surface area contributed by atoms with Crippen molar-refractivity contribution in [2.45, 2.75) is 12.5 Å². The number of likely N-dealkylation sites (N-methyl/N-ethyl adjacent to an activating group) is 1. The molecule has 2 atom stereocenters. The fourth-order valence-electron chi connectivity index (χ4n) is 3.71. The van der Waals surface area contributed by atoms with Gasteiger partial charge in [0, 0.05) is 47.5 Å². The van der Waals surface area contributed by atoms with Gasteiger partial charge in [0.2, 0.25) is 5.91 Å². The van der Waals surface area contributed by atoms with Gasteiger partial charge in [-0.25, -0.2) is 0 Å². The normalized spacial score (nSPS) is 21.6. The third-order valence-electron chi connectivity index (χ3n) is 5.04. The molecule has 7 heteroatoms. The Morgan fingerprint density at radius 1 is 1.30 bits per heavy atom. The molecule has 0 spiro atoms. The standard InChI is InChI=1S/C20H20Cl2N4O/c1-26-10-17(16-6-14(21)7-19(22)18(16)11-26)12-3-2-4-15(5-12)25-20(27)13-8-23-24-9-13/h2-8,13,17,24H,9-11H2,1H3,(H,25,27). The van der Waals surface area contributed by atoms with Crippen LogP contribution in [0.25, 0.3) is 0 Å². The van der Waals surface area contributed by atoms with E-state index >= 15 is 0 Å². The van der Waals surface area contributed by atoms with Crippen molar-refractivity contribution in [1.29, 1.82) is 0 Å². The SMILES string of the molecule is CN1Cc2c(Cl)cc(Cl)cc2C(c2cccc(NC(=O)C3C=NNC3)c2)C1. The summed E-state index contributed by atoms with van der Waals surface area (Å²) in [4.78, 5) is 14.6. The highest BCUT2D eigenvalue weighted by atomic mass is 35.5. The summed E-state index contributed by atoms with van der Waals surface area (Å²) >= 11 is 12.7. The van der Waals surface area contributed by atoms with Crippen LogP contribution in [0.5, 0.6) is 0 Å². The first-order chi connectivity index (χ1) is 13.0. The van der Waals surface area contributed by atoms with Crippen LogP contribution in [-0.4, -0.2) is 37.2 Å². The summed E-state index contributed by atoms with van der Waals surface area (Å²) in [5.41, 5.74) is 6.97. The maximum absolute atomic E-state index is 12.4. The second-order valence-electron chi connectivity index (χ2n) is 7.07. The van der Waals surface area contributed by atoms with Crippen molar-refractivity contribution in [3.8, 4) is 0 Å². The third-order valence-corrected chi connectivity index (χ3v) is 5.60. The number of fused-ring (bicyclic) bond motifs is 1. The number of hydrogen-bond donors (Lipinski definition) is 2. The molecule has 2 aromatic carbocycles. The number of nitrogens with one attached hydrogen (secondary N) is 2. The van der Waals surface area contributed by atoms with Crippen molar-refractivity contribution in [3.63, 3.8) is 0 Å². The Bertz CT molecular complexity index is 915. The van der Waals surface area contributed by atoms with Gasteiger partial charge < -0.3 is 15.6 Å². The summed E-state index contributed by atoms with van der Waals surface area (Å²) < 4.78 is 0. The van der Waals surface area contributed by atoms with E-state index in [1.54, 1.807) is 12.3 Å². The lowest BCUT2D eigenvalue weighted by Gasteiger charge is -2.33. The number of rotatable bonds is 3. The second-order valence-corrected chi connectivity index (χ2v) is 7.91. The third kappa shape index (κ3) is 3.81. The van der Waals surface area contributed by atoms with E-state index in [2.05, 4.69) is 33.9 Å². The predicted octanol–water partition coefficient (Wildman–Crippen LogP) is 3.71. The maximum Gasteiger partial charge on any atom is 0.234 e. The van der Waals surface area contributed by atoms with Crippen LogP contribution in [0.2, 0.25) is 10.0 Å². The number of hydrogen-bond acceptors (Lipinski definition) is 4. The van der Waals surface area contributed by atoms with E-state index in [1.165, 1.54) is 0 Å². The van der Waals surface area contributed by atoms with Gasteiger partial charge in [0.15, 0.2) is 0 Å². The number of benzene rings is 2. The van der Waals surface area contributed by atoms with E-state index < -0.39 is 0 Å². The molecule has 0 radical (unpaired) electrons. The van der Waals surface area contributed by atoms with Crippen LogP contribution in [0, 0.1) is 5.92 Å². The molecule has 2 aromatic rings. The molecule has 2 heterocycles. The molecular formula is C20H20Cl2N4O. The Kier molecular flexibility index (Phi) is 5.08. The first-order valence-corrected chi connectivity index (χ1v) is 9.60. The van der Waals surface area contributed by atoms with Gasteiger partial charge in [-0.15, -0.1) is 0 Å². The number of anilines is 1. The summed E-state index contributed by atoms with van der Waals surface area (Å²) in [5.74, 6) is -0.164. The van der Waals surface area contributed by atoms with Crippen molar-refractivity contribution >= 4 is 41.0 Å². The zero-order valence-corrected chi connectivity index (χ0v) is 16.4. The van der Waals surface area contributed by atoms with Gasteiger partial charge >= 0.3 is 0 Å². The lowest BCUT2D eigenvalue weighted by Crippen LogP contribution is -2.31. The quantitative estimate of drug-likeness (QED) is 0.822. The van der Waals surface area contributed by atoms with Gasteiger partial charge in [0.1, 0.15) is 0 Å². The van der Waals surface area contributed by atoms with E-state index in [0.717, 1.165) is 35.5 Å². The minimum atomic E-state index is -0.243. The van der Waals surface area contributed by atoms with Crippen molar-refractivity contribution in [2.24, 2.45) is 11.0 Å². The number of carbonyl (C=O) groups excluding carboxylic acids is 1. The highest BCUT2D eigenvalue weighted by Crippen LogP contribution is 2.38. The smallest absolute Gasteiger partial charge is 0.234 e. The van der Waals surface area contributed by atoms with Gasteiger partial charge in [0.25, 0.3) is 0 Å². The highest BCUT2D eigenvalue weighted by molar-refractivity contribution is 6.35. The van der Waals surface area contributed by atoms with Crippen LogP contribution >= 0.6 is 23.2 Å². The molecule has 27 heavy (non-hydrogen) atoms. The molecule has 4 rings (SSSR count). The molecule has 5 nitrogen and oxygen atoms in total. The van der Waals surface area contributed by atoms with E-state index in [0.29, 0.717) is 16.6 Å². The van der Waals surface area contributed by atoms with E-state index in [9.17, 15) is 4.79 Å². The summed E-state index contributed by atoms with van der Waals surface area (Å²) in [7, 11) is 2.08. The van der Waals surface area contributed by atoms with E-state index in [1.807, 2.05) is 24.3 Å². The molecule has 0 fully saturated rings. The Hall–Kier alpha value is -2.08. The van der Waals surface area contributed by atoms with Crippen molar-refractivity contribution in [1.82, 2.24) is 10.3 Å². The zero-order chi connectivity index (χ0) is 19.0. The largest absolute Gasteiger partial charge is 0.325 e. The first kappa shape index (κ1) is 18.3. The van der Waals surface area contributed by atoms with Gasteiger partial charge in [-0.2, -0.15) is 5.10 Å². The van der Waals surface area contributed by atoms with Gasteiger partial charge in [-0.3, -0.25) is 4.79 Å². The van der Waals surface area contributed by atoms with E-state index in [-0.39, 0.29) is 17.7 Å². The first-order valence-electron chi connectivity index (χ1n) is 8.84. The Balaban J connectivity index is 1.64. The fraction of sp³-hybridized carbons (Fsp3) is 0.300. The van der Waals surface area contributed by atoms with Crippen LogP contribution in [0.15, 0.2) is 41.5 Å². The zero-order valence-electron chi connectivity index (χ0n) is 14.9. The lowest BCUT2D eigenvalue weighted by molar-refractivity contribution is -0.117. The lowest BCUT2D eigenvalue weighted by atomic mass is 9.84. The summed E-state index contributed by atoms with van der Waals surface area (Å²) in [5, 5.41) is 8.23. The monoisotopic (exact) mass is 402 g/mol. The summed E-state index contributed by atoms with van der Waals surface area (Å²) in [6.45, 7) is 2.19. The predicted molar refractivity (Wildman–Crippen MR) is 110 cm³/mol. The summed E-state index contributed by atoms with van der Waals surface area (Å²) in [6.07, 6.45) is 1.63.